The highest BCUT2D eigenvalue weighted by Gasteiger charge is 2.13. The van der Waals surface area contributed by atoms with E-state index in [0.29, 0.717) is 16.7 Å². The first-order valence-electron chi connectivity index (χ1n) is 9.50. The highest BCUT2D eigenvalue weighted by Crippen LogP contribution is 2.21. The smallest absolute Gasteiger partial charge is 0.359 e. The third-order valence-corrected chi connectivity index (χ3v) is 4.38. The Morgan fingerprint density at radius 2 is 1.79 bits per heavy atom. The first-order chi connectivity index (χ1) is 15.7. The number of rotatable bonds is 6. The van der Waals surface area contributed by atoms with Crippen LogP contribution in [0.15, 0.2) is 42.1 Å². The zero-order valence-electron chi connectivity index (χ0n) is 18.4. The van der Waals surface area contributed by atoms with Crippen molar-refractivity contribution >= 4 is 28.9 Å². The molecule has 0 spiro atoms. The number of aromatic nitrogens is 1. The summed E-state index contributed by atoms with van der Waals surface area (Å²) in [5, 5.41) is 0.404. The predicted octanol–water partition coefficient (Wildman–Crippen LogP) is 2.79. The molecule has 2 aromatic carbocycles. The van der Waals surface area contributed by atoms with Gasteiger partial charge in [0.05, 0.1) is 21.3 Å². The van der Waals surface area contributed by atoms with Crippen LogP contribution >= 0.6 is 0 Å². The molecule has 0 fully saturated rings. The number of quaternary nitrogens is 1. The second kappa shape index (κ2) is 11.6. The van der Waals surface area contributed by atoms with E-state index in [-0.39, 0.29) is 22.8 Å². The fourth-order valence-electron chi connectivity index (χ4n) is 2.80. The number of nitrogens with two attached hydrogens (primary N) is 1. The molecule has 1 aromatic heterocycles. The number of fused-ring (bicyclic) bond motifs is 1. The molecule has 0 aliphatic heterocycles. The van der Waals surface area contributed by atoms with Crippen LogP contribution in [0.3, 0.4) is 0 Å². The molecule has 3 aromatic rings. The lowest BCUT2D eigenvalue weighted by molar-refractivity contribution is -0.641. The quantitative estimate of drug-likeness (QED) is 0.224. The Morgan fingerprint density at radius 1 is 1.06 bits per heavy atom. The number of esters is 2. The lowest BCUT2D eigenvalue weighted by Crippen LogP contribution is -2.85. The summed E-state index contributed by atoms with van der Waals surface area (Å²) in [6.45, 7) is 1.79. The Labute approximate surface area is 188 Å². The van der Waals surface area contributed by atoms with E-state index in [1.165, 1.54) is 51.7 Å². The van der Waals surface area contributed by atoms with Crippen LogP contribution in [-0.2, 0) is 14.3 Å². The fraction of sp³-hybridized carbons (Fsp3) is 0.182. The van der Waals surface area contributed by atoms with E-state index in [0.717, 1.165) is 11.1 Å². The van der Waals surface area contributed by atoms with Crippen LogP contribution in [0.25, 0.3) is 22.8 Å². The van der Waals surface area contributed by atoms with E-state index in [9.17, 15) is 18.4 Å². The molecule has 0 unspecified atom stereocenters. The van der Waals surface area contributed by atoms with Gasteiger partial charge in [0, 0.05) is 22.5 Å². The van der Waals surface area contributed by atoms with Gasteiger partial charge in [-0.15, -0.1) is 0 Å². The summed E-state index contributed by atoms with van der Waals surface area (Å²) in [7, 11) is 3.92. The van der Waals surface area contributed by atoms with Crippen molar-refractivity contribution in [2.24, 2.45) is 0 Å². The molecular formula is C22H24F2N4O5. The topological polar surface area (TPSA) is 130 Å². The summed E-state index contributed by atoms with van der Waals surface area (Å²) in [5.41, 5.74) is 5.00. The van der Waals surface area contributed by atoms with Crippen molar-refractivity contribution in [2.45, 2.75) is 6.92 Å². The zero-order chi connectivity index (χ0) is 24.5. The first kappa shape index (κ1) is 25.3. The van der Waals surface area contributed by atoms with Crippen molar-refractivity contribution in [3.8, 4) is 5.75 Å². The minimum absolute atomic E-state index is 0.0310. The average molecular weight is 462 g/mol. The van der Waals surface area contributed by atoms with Gasteiger partial charge in [0.25, 0.3) is 0 Å². The van der Waals surface area contributed by atoms with E-state index in [1.54, 1.807) is 19.1 Å². The van der Waals surface area contributed by atoms with Gasteiger partial charge in [-0.2, -0.15) is 0 Å². The van der Waals surface area contributed by atoms with Crippen LogP contribution in [0.1, 0.15) is 21.6 Å². The van der Waals surface area contributed by atoms with Gasteiger partial charge in [-0.1, -0.05) is 0 Å². The number of carbonyl (C=O) groups is 2. The van der Waals surface area contributed by atoms with Crippen molar-refractivity contribution in [3.63, 3.8) is 0 Å². The second-order valence-electron chi connectivity index (χ2n) is 6.61. The number of hydrogen-bond donors (Lipinski definition) is 3. The van der Waals surface area contributed by atoms with E-state index < -0.39 is 17.8 Å². The van der Waals surface area contributed by atoms with Crippen LogP contribution in [0.5, 0.6) is 5.75 Å². The number of hydrogen-bond acceptors (Lipinski definition) is 6. The van der Waals surface area contributed by atoms with Crippen molar-refractivity contribution in [1.29, 1.82) is 0 Å². The average Bonchev–Trinajstić information content (AvgIpc) is 3.23. The molecule has 33 heavy (non-hydrogen) atoms. The third kappa shape index (κ3) is 6.51. The third-order valence-electron chi connectivity index (χ3n) is 4.38. The lowest BCUT2D eigenvalue weighted by Gasteiger charge is -2.08. The Bertz CT molecular complexity index is 1180. The number of ether oxygens (including phenoxy) is 3. The Hall–Kier alpha value is -3.96. The summed E-state index contributed by atoms with van der Waals surface area (Å²) in [6, 6.07) is 8.89. The highest BCUT2D eigenvalue weighted by atomic mass is 19.1. The molecule has 1 heterocycles. The Balaban J connectivity index is 0.000000237. The molecule has 176 valence electrons. The number of halogens is 2. The molecule has 0 atom stereocenters. The second-order valence-corrected chi connectivity index (χ2v) is 6.61. The van der Waals surface area contributed by atoms with Gasteiger partial charge < -0.3 is 30.6 Å². The Morgan fingerprint density at radius 3 is 2.36 bits per heavy atom. The summed E-state index contributed by atoms with van der Waals surface area (Å²) >= 11 is 0. The number of aryl methyl sites for hydroxylation is 1. The molecule has 11 heteroatoms. The molecule has 0 amide bonds. The largest absolute Gasteiger partial charge is 0.497 e. The summed E-state index contributed by atoms with van der Waals surface area (Å²) in [5.74, 6) is 5.21. The summed E-state index contributed by atoms with van der Waals surface area (Å²) in [6.07, 6.45) is 1.26. The molecule has 0 saturated heterocycles. The standard InChI is InChI=1S/C11H14FN3O3.C11H10FNO2/c1-17-8-4-3-7(9(12)6-8)5-10(14-15-13)11(16)18-2;1-6-3-8(12)7-5-10(11(14)15-2)13-9(7)4-6/h3-6,13-14H,15H2,1-2H3;3-5,13H,1-2H3/b10-5-;. The van der Waals surface area contributed by atoms with Crippen LogP contribution in [0, 0.1) is 18.6 Å². The molecule has 0 radical (unpaired) electrons. The maximum absolute atomic E-state index is 13.6. The van der Waals surface area contributed by atoms with E-state index in [2.05, 4.69) is 19.9 Å². The van der Waals surface area contributed by atoms with Crippen molar-refractivity contribution in [1.82, 2.24) is 10.4 Å². The van der Waals surface area contributed by atoms with Gasteiger partial charge in [0.2, 0.25) is 0 Å². The molecule has 0 saturated carbocycles. The van der Waals surface area contributed by atoms with Crippen LogP contribution < -0.4 is 15.7 Å². The number of benzene rings is 2. The van der Waals surface area contributed by atoms with Gasteiger partial charge in [0.1, 0.15) is 23.1 Å². The first-order valence-corrected chi connectivity index (χ1v) is 9.50. The number of H-pyrrole nitrogens is 1. The maximum Gasteiger partial charge on any atom is 0.359 e. The fourth-order valence-corrected chi connectivity index (χ4v) is 2.80. The Kier molecular flexibility index (Phi) is 8.89. The molecule has 0 aliphatic rings. The van der Waals surface area contributed by atoms with E-state index >= 15 is 0 Å². The van der Waals surface area contributed by atoms with Crippen LogP contribution in [0.4, 0.5) is 8.78 Å². The molecular weight excluding hydrogens is 438 g/mol. The molecule has 0 aliphatic carbocycles. The van der Waals surface area contributed by atoms with Crippen molar-refractivity contribution in [2.75, 3.05) is 21.3 Å². The van der Waals surface area contributed by atoms with Crippen LogP contribution in [-0.4, -0.2) is 38.3 Å². The van der Waals surface area contributed by atoms with Crippen molar-refractivity contribution < 1.29 is 38.1 Å². The van der Waals surface area contributed by atoms with Gasteiger partial charge >= 0.3 is 11.9 Å². The molecule has 3 rings (SSSR count). The number of carbonyl (C=O) groups excluding carboxylic acids is 2. The lowest BCUT2D eigenvalue weighted by atomic mass is 10.1. The summed E-state index contributed by atoms with van der Waals surface area (Å²) in [4.78, 5) is 25.4. The number of methoxy groups -OCH3 is 3. The predicted molar refractivity (Wildman–Crippen MR) is 117 cm³/mol. The molecule has 5 N–H and O–H groups in total. The SMILES string of the molecule is COC(=O)/C(=C/c1ccc(OC)cc1F)N[NH2+][NH-].COC(=O)c1cc2c(F)cc(C)cc2[nH]1. The highest BCUT2D eigenvalue weighted by molar-refractivity contribution is 5.95. The minimum Gasteiger partial charge on any atom is -0.497 e. The maximum atomic E-state index is 13.6. The molecule has 9 nitrogen and oxygen atoms in total. The van der Waals surface area contributed by atoms with Crippen LogP contribution in [0.2, 0.25) is 0 Å². The van der Waals surface area contributed by atoms with Gasteiger partial charge in [0.15, 0.2) is 5.70 Å². The van der Waals surface area contributed by atoms with E-state index in [1.807, 2.05) is 0 Å². The minimum atomic E-state index is -0.686. The monoisotopic (exact) mass is 462 g/mol. The van der Waals surface area contributed by atoms with Gasteiger partial charge in [-0.05, 0) is 48.9 Å². The van der Waals surface area contributed by atoms with Crippen molar-refractivity contribution in [3.05, 3.63) is 76.4 Å². The molecule has 0 bridgehead atoms. The van der Waals surface area contributed by atoms with Gasteiger partial charge in [-0.3, -0.25) is 0 Å². The van der Waals surface area contributed by atoms with E-state index in [4.69, 9.17) is 10.6 Å². The summed E-state index contributed by atoms with van der Waals surface area (Å²) < 4.78 is 41.0. The number of nitrogens with one attached hydrogen (secondary N) is 3. The number of aromatic amines is 1. The zero-order valence-corrected chi connectivity index (χ0v) is 18.4. The normalized spacial score (nSPS) is 10.8. The van der Waals surface area contributed by atoms with Gasteiger partial charge in [-0.25, -0.2) is 23.8 Å².